The van der Waals surface area contributed by atoms with Crippen LogP contribution in [0.15, 0.2) is 42.2 Å². The lowest BCUT2D eigenvalue weighted by molar-refractivity contribution is 0.640. The van der Waals surface area contributed by atoms with Gasteiger partial charge in [-0.25, -0.2) is 9.07 Å². The monoisotopic (exact) mass is 243 g/mol. The first-order valence-electron chi connectivity index (χ1n) is 5.94. The number of nitrogens with zero attached hydrogens (tertiary/aromatic N) is 2. The topological polar surface area (TPSA) is 29.9 Å². The van der Waals surface area contributed by atoms with Crippen molar-refractivity contribution in [3.63, 3.8) is 0 Å². The van der Waals surface area contributed by atoms with Gasteiger partial charge in [-0.15, -0.1) is 0 Å². The van der Waals surface area contributed by atoms with E-state index in [1.165, 1.54) is 6.07 Å². The van der Waals surface area contributed by atoms with E-state index in [9.17, 15) is 4.39 Å². The maximum absolute atomic E-state index is 13.6. The van der Waals surface area contributed by atoms with Gasteiger partial charge in [0.25, 0.3) is 0 Å². The van der Waals surface area contributed by atoms with Crippen LogP contribution >= 0.6 is 0 Å². The van der Waals surface area contributed by atoms with Gasteiger partial charge in [-0.05, 0) is 31.6 Å². The number of aromatic nitrogens is 2. The molecule has 0 spiro atoms. The van der Waals surface area contributed by atoms with Gasteiger partial charge in [-0.3, -0.25) is 0 Å². The zero-order valence-corrected chi connectivity index (χ0v) is 10.3. The first kappa shape index (κ1) is 11.0. The van der Waals surface area contributed by atoms with Crippen molar-refractivity contribution >= 4 is 16.6 Å². The van der Waals surface area contributed by atoms with Crippen LogP contribution in [-0.4, -0.2) is 15.8 Å². The number of nitrogens with one attached hydrogen (secondary N) is 1. The Kier molecular flexibility index (Phi) is 2.44. The molecule has 1 aromatic carbocycles. The van der Waals surface area contributed by atoms with Crippen LogP contribution in [0.2, 0.25) is 0 Å². The molecule has 3 rings (SSSR count). The van der Waals surface area contributed by atoms with Crippen LogP contribution in [0.4, 0.5) is 4.39 Å². The fourth-order valence-electron chi connectivity index (χ4n) is 2.27. The molecule has 1 aliphatic heterocycles. The second-order valence-electron chi connectivity index (χ2n) is 4.56. The molecule has 1 atom stereocenters. The fraction of sp³-hybridized carbons (Fsp3) is 0.214. The molecule has 18 heavy (non-hydrogen) atoms. The van der Waals surface area contributed by atoms with Crippen LogP contribution in [0.3, 0.4) is 0 Å². The SMILES string of the molecule is CC1=C[C@@H](C)NC=C1n1ncc2c(F)cccc21. The van der Waals surface area contributed by atoms with E-state index in [-0.39, 0.29) is 5.82 Å². The highest BCUT2D eigenvalue weighted by atomic mass is 19.1. The van der Waals surface area contributed by atoms with Gasteiger partial charge in [0.2, 0.25) is 0 Å². The average molecular weight is 243 g/mol. The Morgan fingerprint density at radius 3 is 3.00 bits per heavy atom. The van der Waals surface area contributed by atoms with Gasteiger partial charge in [-0.2, -0.15) is 5.10 Å². The summed E-state index contributed by atoms with van der Waals surface area (Å²) in [4.78, 5) is 0. The van der Waals surface area contributed by atoms with Crippen LogP contribution in [0, 0.1) is 5.82 Å². The van der Waals surface area contributed by atoms with Crippen LogP contribution in [0.1, 0.15) is 13.8 Å². The minimum atomic E-state index is -0.238. The third-order valence-electron chi connectivity index (χ3n) is 3.18. The normalized spacial score (nSPS) is 19.4. The average Bonchev–Trinajstić information content (AvgIpc) is 2.74. The molecule has 0 saturated carbocycles. The molecule has 0 saturated heterocycles. The van der Waals surface area contributed by atoms with E-state index in [0.717, 1.165) is 16.8 Å². The summed E-state index contributed by atoms with van der Waals surface area (Å²) < 4.78 is 15.4. The molecule has 1 aromatic heterocycles. The Morgan fingerprint density at radius 2 is 2.22 bits per heavy atom. The Bertz CT molecular complexity index is 667. The number of hydrogen-bond acceptors (Lipinski definition) is 2. The number of dihydropyridines is 1. The highest BCUT2D eigenvalue weighted by Crippen LogP contribution is 2.25. The third kappa shape index (κ3) is 1.61. The van der Waals surface area contributed by atoms with E-state index >= 15 is 0 Å². The molecule has 2 aromatic rings. The Balaban J connectivity index is 2.17. The molecule has 0 aliphatic carbocycles. The van der Waals surface area contributed by atoms with Gasteiger partial charge in [0.1, 0.15) is 5.82 Å². The van der Waals surface area contributed by atoms with Crippen molar-refractivity contribution in [2.75, 3.05) is 0 Å². The van der Waals surface area contributed by atoms with E-state index in [1.807, 2.05) is 19.2 Å². The van der Waals surface area contributed by atoms with Crippen molar-refractivity contribution in [1.29, 1.82) is 0 Å². The van der Waals surface area contributed by atoms with Crippen LogP contribution in [0.5, 0.6) is 0 Å². The Morgan fingerprint density at radius 1 is 1.39 bits per heavy atom. The van der Waals surface area contributed by atoms with Crippen molar-refractivity contribution in [1.82, 2.24) is 15.1 Å². The van der Waals surface area contributed by atoms with Crippen LogP contribution in [-0.2, 0) is 0 Å². The molecule has 4 heteroatoms. The van der Waals surface area contributed by atoms with Gasteiger partial charge < -0.3 is 5.32 Å². The number of allylic oxidation sites excluding steroid dienone is 2. The third-order valence-corrected chi connectivity index (χ3v) is 3.18. The maximum atomic E-state index is 13.6. The lowest BCUT2D eigenvalue weighted by Gasteiger charge is -2.19. The molecule has 92 valence electrons. The van der Waals surface area contributed by atoms with Crippen molar-refractivity contribution in [3.8, 4) is 0 Å². The summed E-state index contributed by atoms with van der Waals surface area (Å²) in [5.74, 6) is -0.238. The van der Waals surface area contributed by atoms with Gasteiger partial charge in [-0.1, -0.05) is 12.1 Å². The zero-order chi connectivity index (χ0) is 12.7. The second kappa shape index (κ2) is 3.98. The fourth-order valence-corrected chi connectivity index (χ4v) is 2.27. The van der Waals surface area contributed by atoms with E-state index in [0.29, 0.717) is 11.4 Å². The quantitative estimate of drug-likeness (QED) is 0.834. The minimum Gasteiger partial charge on any atom is -0.383 e. The molecule has 1 N–H and O–H groups in total. The summed E-state index contributed by atoms with van der Waals surface area (Å²) in [7, 11) is 0. The molecule has 1 aliphatic rings. The highest BCUT2D eigenvalue weighted by Gasteiger charge is 2.14. The lowest BCUT2D eigenvalue weighted by Crippen LogP contribution is -2.23. The highest BCUT2D eigenvalue weighted by molar-refractivity contribution is 5.84. The number of fused-ring (bicyclic) bond motifs is 1. The lowest BCUT2D eigenvalue weighted by atomic mass is 10.1. The molecule has 0 bridgehead atoms. The predicted octanol–water partition coefficient (Wildman–Crippen LogP) is 2.91. The Hall–Kier alpha value is -2.10. The summed E-state index contributed by atoms with van der Waals surface area (Å²) in [5.41, 5.74) is 2.87. The molecule has 3 nitrogen and oxygen atoms in total. The summed E-state index contributed by atoms with van der Waals surface area (Å²) in [5, 5.41) is 8.07. The predicted molar refractivity (Wildman–Crippen MR) is 70.3 cm³/mol. The molecule has 0 radical (unpaired) electrons. The number of halogens is 1. The van der Waals surface area contributed by atoms with Crippen molar-refractivity contribution in [2.24, 2.45) is 0 Å². The van der Waals surface area contributed by atoms with Crippen LogP contribution < -0.4 is 5.32 Å². The molecular weight excluding hydrogens is 229 g/mol. The second-order valence-corrected chi connectivity index (χ2v) is 4.56. The minimum absolute atomic E-state index is 0.238. The van der Waals surface area contributed by atoms with Crippen molar-refractivity contribution < 1.29 is 4.39 Å². The van der Waals surface area contributed by atoms with Gasteiger partial charge >= 0.3 is 0 Å². The molecular formula is C14H14FN3. The number of rotatable bonds is 1. The van der Waals surface area contributed by atoms with Crippen molar-refractivity contribution in [2.45, 2.75) is 19.9 Å². The molecule has 2 heterocycles. The standard InChI is InChI=1S/C14H14FN3/c1-9-6-10(2)16-8-14(9)18-13-5-3-4-12(15)11(13)7-17-18/h3-8,10,16H,1-2H3/t10-/m1/s1. The smallest absolute Gasteiger partial charge is 0.134 e. The summed E-state index contributed by atoms with van der Waals surface area (Å²) >= 11 is 0. The summed E-state index contributed by atoms with van der Waals surface area (Å²) in [6.45, 7) is 4.12. The largest absolute Gasteiger partial charge is 0.383 e. The first-order valence-corrected chi connectivity index (χ1v) is 5.94. The van der Waals surface area contributed by atoms with E-state index in [1.54, 1.807) is 16.9 Å². The number of hydrogen-bond donors (Lipinski definition) is 1. The van der Waals surface area contributed by atoms with Gasteiger partial charge in [0, 0.05) is 12.2 Å². The molecule has 0 fully saturated rings. The molecule has 0 amide bonds. The summed E-state index contributed by atoms with van der Waals surface area (Å²) in [6.07, 6.45) is 5.62. The van der Waals surface area contributed by atoms with E-state index in [2.05, 4.69) is 23.4 Å². The maximum Gasteiger partial charge on any atom is 0.134 e. The van der Waals surface area contributed by atoms with Gasteiger partial charge in [0.05, 0.1) is 22.8 Å². The molecule has 0 unspecified atom stereocenters. The van der Waals surface area contributed by atoms with Gasteiger partial charge in [0.15, 0.2) is 0 Å². The summed E-state index contributed by atoms with van der Waals surface area (Å²) in [6, 6.07) is 5.34. The van der Waals surface area contributed by atoms with Crippen molar-refractivity contribution in [3.05, 3.63) is 48.1 Å². The van der Waals surface area contributed by atoms with Crippen LogP contribution in [0.25, 0.3) is 16.6 Å². The number of benzene rings is 1. The van der Waals surface area contributed by atoms with E-state index in [4.69, 9.17) is 0 Å². The first-order chi connectivity index (χ1) is 8.66. The zero-order valence-electron chi connectivity index (χ0n) is 10.3. The van der Waals surface area contributed by atoms with E-state index < -0.39 is 0 Å². The Labute approximate surface area is 105 Å².